The van der Waals surface area contributed by atoms with E-state index in [0.29, 0.717) is 6.42 Å². The zero-order valence-electron chi connectivity index (χ0n) is 10.6. The molecule has 0 amide bonds. The van der Waals surface area contributed by atoms with Crippen molar-refractivity contribution < 1.29 is 14.6 Å². The van der Waals surface area contributed by atoms with Crippen molar-refractivity contribution in [1.29, 1.82) is 0 Å². The number of benzene rings is 1. The number of rotatable bonds is 5. The highest BCUT2D eigenvalue weighted by Gasteiger charge is 2.27. The van der Waals surface area contributed by atoms with Gasteiger partial charge in [0, 0.05) is 6.04 Å². The Morgan fingerprint density at radius 1 is 1.39 bits per heavy atom. The molecule has 0 saturated carbocycles. The monoisotopic (exact) mass is 273 g/mol. The fourth-order valence-corrected chi connectivity index (χ4v) is 1.70. The molecular weight excluding hydrogens is 254 g/mol. The second-order valence-corrected chi connectivity index (χ2v) is 4.16. The summed E-state index contributed by atoms with van der Waals surface area (Å²) in [5.41, 5.74) is 6.92. The molecule has 5 heteroatoms. The molecule has 0 unspecified atom stereocenters. The summed E-state index contributed by atoms with van der Waals surface area (Å²) >= 11 is 0. The van der Waals surface area contributed by atoms with Gasteiger partial charge in [0.15, 0.2) is 0 Å². The number of ether oxygens (including phenoxy) is 1. The van der Waals surface area contributed by atoms with E-state index in [1.165, 1.54) is 7.11 Å². The third-order valence-electron chi connectivity index (χ3n) is 2.84. The van der Waals surface area contributed by atoms with Crippen molar-refractivity contribution in [2.45, 2.75) is 25.5 Å². The molecule has 1 aromatic rings. The summed E-state index contributed by atoms with van der Waals surface area (Å²) in [6, 6.07) is 9.15. The molecule has 0 radical (unpaired) electrons. The van der Waals surface area contributed by atoms with E-state index in [4.69, 9.17) is 5.73 Å². The summed E-state index contributed by atoms with van der Waals surface area (Å²) < 4.78 is 4.58. The number of esters is 1. The fraction of sp³-hybridized carbons (Fsp3) is 0.462. The summed E-state index contributed by atoms with van der Waals surface area (Å²) in [4.78, 5) is 11.3. The van der Waals surface area contributed by atoms with E-state index >= 15 is 0 Å². The molecule has 0 saturated heterocycles. The molecule has 3 atom stereocenters. The van der Waals surface area contributed by atoms with Crippen molar-refractivity contribution in [1.82, 2.24) is 0 Å². The van der Waals surface area contributed by atoms with Crippen molar-refractivity contribution in [2.24, 2.45) is 11.7 Å². The Morgan fingerprint density at radius 3 is 2.44 bits per heavy atom. The summed E-state index contributed by atoms with van der Waals surface area (Å²) in [5, 5.41) is 9.92. The number of aliphatic hydroxyl groups is 1. The molecule has 0 aliphatic heterocycles. The fourth-order valence-electron chi connectivity index (χ4n) is 1.70. The van der Waals surface area contributed by atoms with Gasteiger partial charge in [-0.25, -0.2) is 0 Å². The first-order valence-electron chi connectivity index (χ1n) is 5.61. The predicted octanol–water partition coefficient (Wildman–Crippen LogP) is 1.15. The number of hydrogen-bond donors (Lipinski definition) is 2. The van der Waals surface area contributed by atoms with Crippen LogP contribution in [-0.4, -0.2) is 30.3 Å². The third kappa shape index (κ3) is 4.64. The topological polar surface area (TPSA) is 72.5 Å². The first-order chi connectivity index (χ1) is 8.06. The van der Waals surface area contributed by atoms with Gasteiger partial charge in [-0.15, -0.1) is 12.4 Å². The lowest BCUT2D eigenvalue weighted by Gasteiger charge is -2.23. The quantitative estimate of drug-likeness (QED) is 0.790. The molecule has 0 heterocycles. The van der Waals surface area contributed by atoms with Crippen LogP contribution < -0.4 is 5.73 Å². The Morgan fingerprint density at radius 2 is 1.94 bits per heavy atom. The molecular formula is C13H20ClNO3. The van der Waals surface area contributed by atoms with Crippen molar-refractivity contribution in [3.8, 4) is 0 Å². The maximum Gasteiger partial charge on any atom is 0.311 e. The third-order valence-corrected chi connectivity index (χ3v) is 2.84. The summed E-state index contributed by atoms with van der Waals surface area (Å²) in [6.45, 7) is 1.61. The van der Waals surface area contributed by atoms with Crippen molar-refractivity contribution in [3.05, 3.63) is 35.9 Å². The van der Waals surface area contributed by atoms with Crippen molar-refractivity contribution >= 4 is 18.4 Å². The van der Waals surface area contributed by atoms with Gasteiger partial charge in [-0.3, -0.25) is 4.79 Å². The Bertz CT molecular complexity index is 359. The van der Waals surface area contributed by atoms with Gasteiger partial charge in [0.25, 0.3) is 0 Å². The van der Waals surface area contributed by atoms with Crippen LogP contribution in [0.25, 0.3) is 0 Å². The lowest BCUT2D eigenvalue weighted by Crippen LogP contribution is -2.43. The first-order valence-corrected chi connectivity index (χ1v) is 5.61. The maximum absolute atomic E-state index is 11.3. The number of carbonyl (C=O) groups is 1. The zero-order valence-corrected chi connectivity index (χ0v) is 11.4. The lowest BCUT2D eigenvalue weighted by atomic mass is 9.94. The average Bonchev–Trinajstić information content (AvgIpc) is 2.37. The predicted molar refractivity (Wildman–Crippen MR) is 72.6 cm³/mol. The smallest absolute Gasteiger partial charge is 0.311 e. The number of aliphatic hydroxyl groups excluding tert-OH is 1. The Kier molecular flexibility index (Phi) is 7.59. The SMILES string of the molecule is COC(=O)[C@@H](C)[C@H](O)[C@@H](N)Cc1ccccc1.Cl. The summed E-state index contributed by atoms with van der Waals surface area (Å²) in [7, 11) is 1.30. The van der Waals surface area contributed by atoms with Crippen LogP contribution in [0.3, 0.4) is 0 Å². The average molecular weight is 274 g/mol. The number of hydrogen-bond acceptors (Lipinski definition) is 4. The van der Waals surface area contributed by atoms with Crippen LogP contribution in [0.5, 0.6) is 0 Å². The van der Waals surface area contributed by atoms with E-state index < -0.39 is 24.0 Å². The molecule has 0 aliphatic rings. The van der Waals surface area contributed by atoms with Gasteiger partial charge in [-0.05, 0) is 18.9 Å². The van der Waals surface area contributed by atoms with Crippen molar-refractivity contribution in [2.75, 3.05) is 7.11 Å². The minimum atomic E-state index is -0.900. The molecule has 1 rings (SSSR count). The normalized spacial score (nSPS) is 15.1. The number of nitrogens with two attached hydrogens (primary N) is 1. The largest absolute Gasteiger partial charge is 0.469 e. The molecule has 0 spiro atoms. The second-order valence-electron chi connectivity index (χ2n) is 4.16. The zero-order chi connectivity index (χ0) is 12.8. The van der Waals surface area contributed by atoms with Gasteiger partial charge in [0.05, 0.1) is 19.1 Å². The standard InChI is InChI=1S/C13H19NO3.ClH/c1-9(13(16)17-2)12(15)11(14)8-10-6-4-3-5-7-10;/h3-7,9,11-12,15H,8,14H2,1-2H3;1H/t9-,11-,12-;/m0./s1. The van der Waals surface area contributed by atoms with Gasteiger partial charge < -0.3 is 15.6 Å². The molecule has 4 nitrogen and oxygen atoms in total. The van der Waals surface area contributed by atoms with Crippen LogP contribution in [0.2, 0.25) is 0 Å². The van der Waals surface area contributed by atoms with E-state index in [-0.39, 0.29) is 12.4 Å². The van der Waals surface area contributed by atoms with Crippen LogP contribution in [0, 0.1) is 5.92 Å². The molecule has 3 N–H and O–H groups in total. The van der Waals surface area contributed by atoms with Crippen LogP contribution in [-0.2, 0) is 16.0 Å². The van der Waals surface area contributed by atoms with E-state index in [1.807, 2.05) is 30.3 Å². The molecule has 0 aliphatic carbocycles. The highest BCUT2D eigenvalue weighted by Crippen LogP contribution is 2.12. The Balaban J connectivity index is 0.00000289. The van der Waals surface area contributed by atoms with E-state index in [2.05, 4.69) is 4.74 Å². The van der Waals surface area contributed by atoms with Gasteiger partial charge >= 0.3 is 5.97 Å². The van der Waals surface area contributed by atoms with E-state index in [9.17, 15) is 9.90 Å². The van der Waals surface area contributed by atoms with Gasteiger partial charge in [-0.2, -0.15) is 0 Å². The van der Waals surface area contributed by atoms with Crippen molar-refractivity contribution in [3.63, 3.8) is 0 Å². The number of carbonyl (C=O) groups excluding carboxylic acids is 1. The number of methoxy groups -OCH3 is 1. The van der Waals surface area contributed by atoms with E-state index in [1.54, 1.807) is 6.92 Å². The van der Waals surface area contributed by atoms with Gasteiger partial charge in [0.2, 0.25) is 0 Å². The molecule has 18 heavy (non-hydrogen) atoms. The summed E-state index contributed by atoms with van der Waals surface area (Å²) in [5.74, 6) is -1.06. The molecule has 0 bridgehead atoms. The lowest BCUT2D eigenvalue weighted by molar-refractivity contribution is -0.149. The highest BCUT2D eigenvalue weighted by molar-refractivity contribution is 5.85. The van der Waals surface area contributed by atoms with Crippen LogP contribution in [0.4, 0.5) is 0 Å². The molecule has 1 aromatic carbocycles. The first kappa shape index (κ1) is 16.9. The molecule has 102 valence electrons. The maximum atomic E-state index is 11.3. The second kappa shape index (κ2) is 8.08. The molecule has 0 fully saturated rings. The van der Waals surface area contributed by atoms with Gasteiger partial charge in [-0.1, -0.05) is 30.3 Å². The minimum Gasteiger partial charge on any atom is -0.469 e. The highest BCUT2D eigenvalue weighted by atomic mass is 35.5. The van der Waals surface area contributed by atoms with Crippen LogP contribution >= 0.6 is 12.4 Å². The summed E-state index contributed by atoms with van der Waals surface area (Å²) in [6.07, 6.45) is -0.369. The van der Waals surface area contributed by atoms with Gasteiger partial charge in [0.1, 0.15) is 0 Å². The molecule has 0 aromatic heterocycles. The van der Waals surface area contributed by atoms with E-state index in [0.717, 1.165) is 5.56 Å². The Labute approximate surface area is 114 Å². The van der Waals surface area contributed by atoms with Crippen LogP contribution in [0.15, 0.2) is 30.3 Å². The number of halogens is 1. The minimum absolute atomic E-state index is 0. The van der Waals surface area contributed by atoms with Crippen LogP contribution in [0.1, 0.15) is 12.5 Å². The Hall–Kier alpha value is -1.10.